The van der Waals surface area contributed by atoms with Gasteiger partial charge in [0.05, 0.1) is 5.92 Å². The molecule has 1 N–H and O–H groups in total. The zero-order chi connectivity index (χ0) is 9.97. The van der Waals surface area contributed by atoms with Crippen LogP contribution in [0.4, 0.5) is 0 Å². The van der Waals surface area contributed by atoms with Crippen molar-refractivity contribution in [3.8, 4) is 0 Å². The van der Waals surface area contributed by atoms with Crippen LogP contribution in [0.3, 0.4) is 0 Å². The third-order valence-corrected chi connectivity index (χ3v) is 3.64. The predicted molar refractivity (Wildman–Crippen MR) is 61.4 cm³/mol. The molecular formula is C11H20ClNO2. The summed E-state index contributed by atoms with van der Waals surface area (Å²) >= 11 is 0. The quantitative estimate of drug-likeness (QED) is 0.795. The van der Waals surface area contributed by atoms with Crippen LogP contribution in [-0.2, 0) is 4.79 Å². The lowest BCUT2D eigenvalue weighted by atomic mass is 9.96. The molecule has 0 spiro atoms. The maximum Gasteiger partial charge on any atom is 0.307 e. The van der Waals surface area contributed by atoms with E-state index in [1.807, 2.05) is 0 Å². The Labute approximate surface area is 97.2 Å². The number of hydrogen-bond acceptors (Lipinski definition) is 2. The van der Waals surface area contributed by atoms with Gasteiger partial charge in [-0.1, -0.05) is 12.8 Å². The van der Waals surface area contributed by atoms with Gasteiger partial charge in [-0.25, -0.2) is 0 Å². The molecule has 0 radical (unpaired) electrons. The maximum absolute atomic E-state index is 10.9. The highest BCUT2D eigenvalue weighted by Crippen LogP contribution is 2.27. The maximum atomic E-state index is 10.9. The minimum absolute atomic E-state index is 0. The fourth-order valence-electron chi connectivity index (χ4n) is 2.81. The topological polar surface area (TPSA) is 40.5 Å². The van der Waals surface area contributed by atoms with Crippen molar-refractivity contribution < 1.29 is 9.90 Å². The largest absolute Gasteiger partial charge is 0.481 e. The molecule has 0 bridgehead atoms. The summed E-state index contributed by atoms with van der Waals surface area (Å²) in [4.78, 5) is 13.3. The molecule has 1 aliphatic heterocycles. The highest BCUT2D eigenvalue weighted by molar-refractivity contribution is 5.85. The van der Waals surface area contributed by atoms with E-state index in [0.29, 0.717) is 6.04 Å². The number of halogens is 1. The molecule has 1 saturated carbocycles. The Morgan fingerprint density at radius 2 is 1.80 bits per heavy atom. The molecule has 0 aromatic rings. The minimum atomic E-state index is -0.604. The van der Waals surface area contributed by atoms with Crippen LogP contribution in [0.1, 0.15) is 38.5 Å². The van der Waals surface area contributed by atoms with Gasteiger partial charge in [-0.05, 0) is 32.2 Å². The van der Waals surface area contributed by atoms with Crippen LogP contribution in [0.15, 0.2) is 0 Å². The lowest BCUT2D eigenvalue weighted by Crippen LogP contribution is -2.43. The number of carbonyl (C=O) groups is 1. The summed E-state index contributed by atoms with van der Waals surface area (Å²) in [6, 6.07) is 0.692. The zero-order valence-corrected chi connectivity index (χ0v) is 9.84. The van der Waals surface area contributed by atoms with Gasteiger partial charge in [0.15, 0.2) is 0 Å². The van der Waals surface area contributed by atoms with Crippen LogP contribution < -0.4 is 0 Å². The second-order valence-electron chi connectivity index (χ2n) is 4.61. The monoisotopic (exact) mass is 233 g/mol. The SMILES string of the molecule is Cl.O=C(O)C1CCCN(C2CCCC2)C1. The van der Waals surface area contributed by atoms with Crippen molar-refractivity contribution in [1.82, 2.24) is 4.90 Å². The predicted octanol–water partition coefficient (Wildman–Crippen LogP) is 2.15. The van der Waals surface area contributed by atoms with Gasteiger partial charge in [0.2, 0.25) is 0 Å². The molecule has 4 heteroatoms. The molecule has 2 aliphatic rings. The molecule has 0 amide bonds. The number of nitrogens with zero attached hydrogens (tertiary/aromatic N) is 1. The molecule has 1 aliphatic carbocycles. The number of likely N-dealkylation sites (tertiary alicyclic amines) is 1. The normalized spacial score (nSPS) is 28.7. The molecule has 15 heavy (non-hydrogen) atoms. The van der Waals surface area contributed by atoms with Crippen molar-refractivity contribution in [1.29, 1.82) is 0 Å². The second kappa shape index (κ2) is 5.71. The van der Waals surface area contributed by atoms with E-state index >= 15 is 0 Å². The lowest BCUT2D eigenvalue weighted by molar-refractivity contribution is -0.143. The summed E-state index contributed by atoms with van der Waals surface area (Å²) in [6.07, 6.45) is 7.17. The molecule has 1 heterocycles. The first-order valence-electron chi connectivity index (χ1n) is 5.74. The fraction of sp³-hybridized carbons (Fsp3) is 0.909. The van der Waals surface area contributed by atoms with Crippen LogP contribution >= 0.6 is 12.4 Å². The molecule has 1 unspecified atom stereocenters. The van der Waals surface area contributed by atoms with E-state index in [4.69, 9.17) is 5.11 Å². The average Bonchev–Trinajstić information content (AvgIpc) is 2.71. The number of piperidine rings is 1. The van der Waals surface area contributed by atoms with Gasteiger partial charge < -0.3 is 5.11 Å². The summed E-state index contributed by atoms with van der Waals surface area (Å²) < 4.78 is 0. The van der Waals surface area contributed by atoms with E-state index in [-0.39, 0.29) is 18.3 Å². The summed E-state index contributed by atoms with van der Waals surface area (Å²) in [5, 5.41) is 8.97. The summed E-state index contributed by atoms with van der Waals surface area (Å²) in [7, 11) is 0. The Hall–Kier alpha value is -0.280. The van der Waals surface area contributed by atoms with Crippen LogP contribution in [0.5, 0.6) is 0 Å². The van der Waals surface area contributed by atoms with Gasteiger partial charge in [0.1, 0.15) is 0 Å². The van der Waals surface area contributed by atoms with Crippen LogP contribution in [0.2, 0.25) is 0 Å². The van der Waals surface area contributed by atoms with E-state index in [9.17, 15) is 4.79 Å². The minimum Gasteiger partial charge on any atom is -0.481 e. The third-order valence-electron chi connectivity index (χ3n) is 3.64. The lowest BCUT2D eigenvalue weighted by Gasteiger charge is -2.35. The Bertz CT molecular complexity index is 217. The first-order valence-corrected chi connectivity index (χ1v) is 5.74. The van der Waals surface area contributed by atoms with Gasteiger partial charge in [-0.3, -0.25) is 9.69 Å². The Morgan fingerprint density at radius 1 is 1.13 bits per heavy atom. The first-order chi connectivity index (χ1) is 6.77. The molecule has 3 nitrogen and oxygen atoms in total. The summed E-state index contributed by atoms with van der Waals surface area (Å²) in [5.41, 5.74) is 0. The second-order valence-corrected chi connectivity index (χ2v) is 4.61. The van der Waals surface area contributed by atoms with Gasteiger partial charge in [-0.15, -0.1) is 12.4 Å². The van der Waals surface area contributed by atoms with Crippen LogP contribution in [-0.4, -0.2) is 35.1 Å². The highest BCUT2D eigenvalue weighted by Gasteiger charge is 2.30. The van der Waals surface area contributed by atoms with Crippen molar-refractivity contribution in [2.24, 2.45) is 5.92 Å². The molecule has 1 saturated heterocycles. The van der Waals surface area contributed by atoms with Crippen LogP contribution in [0.25, 0.3) is 0 Å². The molecular weight excluding hydrogens is 214 g/mol. The summed E-state index contributed by atoms with van der Waals surface area (Å²) in [5.74, 6) is -0.711. The number of hydrogen-bond donors (Lipinski definition) is 1. The van der Waals surface area contributed by atoms with E-state index in [1.165, 1.54) is 25.7 Å². The van der Waals surface area contributed by atoms with E-state index < -0.39 is 5.97 Å². The Morgan fingerprint density at radius 3 is 2.40 bits per heavy atom. The highest BCUT2D eigenvalue weighted by atomic mass is 35.5. The van der Waals surface area contributed by atoms with Crippen molar-refractivity contribution >= 4 is 18.4 Å². The van der Waals surface area contributed by atoms with E-state index in [2.05, 4.69) is 4.90 Å². The van der Waals surface area contributed by atoms with Crippen molar-refractivity contribution in [2.75, 3.05) is 13.1 Å². The molecule has 0 aromatic carbocycles. The number of rotatable bonds is 2. The van der Waals surface area contributed by atoms with Gasteiger partial charge in [-0.2, -0.15) is 0 Å². The molecule has 2 rings (SSSR count). The Balaban J connectivity index is 0.00000112. The number of carboxylic acids is 1. The van der Waals surface area contributed by atoms with Crippen molar-refractivity contribution in [3.63, 3.8) is 0 Å². The average molecular weight is 234 g/mol. The van der Waals surface area contributed by atoms with Crippen LogP contribution in [0, 0.1) is 5.92 Å². The van der Waals surface area contributed by atoms with E-state index in [1.54, 1.807) is 0 Å². The number of aliphatic carboxylic acids is 1. The van der Waals surface area contributed by atoms with Gasteiger partial charge >= 0.3 is 5.97 Å². The van der Waals surface area contributed by atoms with Crippen molar-refractivity contribution in [2.45, 2.75) is 44.6 Å². The first kappa shape index (κ1) is 12.8. The summed E-state index contributed by atoms with van der Waals surface area (Å²) in [6.45, 7) is 1.91. The Kier molecular flexibility index (Phi) is 4.87. The molecule has 1 atom stereocenters. The van der Waals surface area contributed by atoms with Gasteiger partial charge in [0.25, 0.3) is 0 Å². The smallest absolute Gasteiger partial charge is 0.307 e. The standard InChI is InChI=1S/C11H19NO2.ClH/c13-11(14)9-4-3-7-12(8-9)10-5-1-2-6-10;/h9-10H,1-8H2,(H,13,14);1H. The molecule has 0 aromatic heterocycles. The molecule has 2 fully saturated rings. The molecule has 88 valence electrons. The van der Waals surface area contributed by atoms with E-state index in [0.717, 1.165) is 25.9 Å². The third kappa shape index (κ3) is 3.08. The number of carboxylic acid groups (broad SMARTS) is 1. The van der Waals surface area contributed by atoms with Crippen molar-refractivity contribution in [3.05, 3.63) is 0 Å². The fourth-order valence-corrected chi connectivity index (χ4v) is 2.81. The zero-order valence-electron chi connectivity index (χ0n) is 9.02. The van der Waals surface area contributed by atoms with Gasteiger partial charge in [0, 0.05) is 12.6 Å².